The minimum Gasteiger partial charge on any atom is -0.480 e. The zero-order chi connectivity index (χ0) is 28.8. The van der Waals surface area contributed by atoms with E-state index in [0.29, 0.717) is 18.0 Å². The number of nitrogens with zero attached hydrogens (tertiary/aromatic N) is 2. The van der Waals surface area contributed by atoms with Gasteiger partial charge in [0.05, 0.1) is 5.03 Å². The van der Waals surface area contributed by atoms with E-state index in [2.05, 4.69) is 24.9 Å². The molecule has 0 amide bonds. The van der Waals surface area contributed by atoms with Gasteiger partial charge in [-0.05, 0) is 44.8 Å². The molecule has 1 aliphatic carbocycles. The molecule has 0 aromatic carbocycles. The van der Waals surface area contributed by atoms with Crippen LogP contribution in [0.5, 0.6) is 0 Å². The molecule has 2 rings (SSSR count). The lowest BCUT2D eigenvalue weighted by atomic mass is 9.79. The lowest BCUT2D eigenvalue weighted by Crippen LogP contribution is -2.52. The van der Waals surface area contributed by atoms with Gasteiger partial charge in [0.25, 0.3) is 0 Å². The molecule has 2 aliphatic rings. The summed E-state index contributed by atoms with van der Waals surface area (Å²) in [5, 5.41) is 9.81. The van der Waals surface area contributed by atoms with Crippen LogP contribution in [0, 0.1) is 5.92 Å². The van der Waals surface area contributed by atoms with Gasteiger partial charge < -0.3 is 26.2 Å². The summed E-state index contributed by atoms with van der Waals surface area (Å²) >= 11 is 6.40. The Labute approximate surface area is 227 Å². The number of fused-ring (bicyclic) bond motifs is 1. The van der Waals surface area contributed by atoms with Crippen molar-refractivity contribution in [3.8, 4) is 0 Å². The van der Waals surface area contributed by atoms with Crippen LogP contribution in [0.2, 0.25) is 0 Å². The van der Waals surface area contributed by atoms with Crippen molar-refractivity contribution in [1.29, 1.82) is 0 Å². The number of carboxylic acid groups (broad SMARTS) is 1. The lowest BCUT2D eigenvalue weighted by Gasteiger charge is -2.37. The van der Waals surface area contributed by atoms with Crippen LogP contribution in [0.4, 0.5) is 0 Å². The number of ether oxygens (including phenoxy) is 1. The number of carbonyl (C=O) groups excluding carboxylic acids is 3. The molecule has 1 aliphatic heterocycles. The number of halogens is 1. The molecule has 0 radical (unpaired) electrons. The number of nitrogens with two attached hydrogens (primary N) is 2. The SMILES string of the molecule is CC[C@H](C)/C=C(C)/C=C/C1=CC2=C(Cl)C(=O)[C@@](C)(OC(C)=O)C(=O)C2=CN1[C@H](CCCN=C(N)N)C(=O)O. The predicted molar refractivity (Wildman–Crippen MR) is 145 cm³/mol. The van der Waals surface area contributed by atoms with E-state index in [1.807, 2.05) is 13.0 Å². The number of hydrogen-bond donors (Lipinski definition) is 3. The van der Waals surface area contributed by atoms with Gasteiger partial charge >= 0.3 is 11.9 Å². The summed E-state index contributed by atoms with van der Waals surface area (Å²) in [6.07, 6.45) is 9.91. The van der Waals surface area contributed by atoms with E-state index < -0.39 is 35.1 Å². The van der Waals surface area contributed by atoms with Crippen molar-refractivity contribution in [3.05, 3.63) is 58.0 Å². The molecule has 1 heterocycles. The molecule has 0 spiro atoms. The third kappa shape index (κ3) is 7.00. The monoisotopic (exact) mass is 546 g/mol. The van der Waals surface area contributed by atoms with E-state index >= 15 is 0 Å². The quantitative estimate of drug-likeness (QED) is 0.0881. The summed E-state index contributed by atoms with van der Waals surface area (Å²) in [6.45, 7) is 8.55. The molecule has 11 heteroatoms. The van der Waals surface area contributed by atoms with E-state index in [9.17, 15) is 24.3 Å². The third-order valence-electron chi connectivity index (χ3n) is 6.30. The first-order chi connectivity index (χ1) is 17.7. The summed E-state index contributed by atoms with van der Waals surface area (Å²) in [5.41, 5.74) is 10.0. The molecule has 0 aromatic heterocycles. The van der Waals surface area contributed by atoms with Gasteiger partial charge in [-0.1, -0.05) is 49.6 Å². The number of aliphatic imine (C=N–C) groups is 1. The maximum absolute atomic E-state index is 13.4. The number of hydrogen-bond acceptors (Lipinski definition) is 7. The van der Waals surface area contributed by atoms with Gasteiger partial charge in [-0.25, -0.2) is 4.79 Å². The largest absolute Gasteiger partial charge is 0.480 e. The second-order valence-electron chi connectivity index (χ2n) is 9.46. The topological polar surface area (TPSA) is 165 Å². The van der Waals surface area contributed by atoms with Gasteiger partial charge in [-0.2, -0.15) is 0 Å². The number of ketones is 2. The predicted octanol–water partition coefficient (Wildman–Crippen LogP) is 3.09. The van der Waals surface area contributed by atoms with Gasteiger partial charge in [-0.3, -0.25) is 19.4 Å². The zero-order valence-electron chi connectivity index (χ0n) is 22.3. The highest BCUT2D eigenvalue weighted by atomic mass is 35.5. The fourth-order valence-corrected chi connectivity index (χ4v) is 4.47. The molecule has 0 aromatic rings. The van der Waals surface area contributed by atoms with Gasteiger partial charge in [-0.15, -0.1) is 0 Å². The number of esters is 1. The van der Waals surface area contributed by atoms with Gasteiger partial charge in [0.1, 0.15) is 6.04 Å². The molecule has 5 N–H and O–H groups in total. The van der Waals surface area contributed by atoms with E-state index in [0.717, 1.165) is 18.9 Å². The van der Waals surface area contributed by atoms with Gasteiger partial charge in [0.2, 0.25) is 17.2 Å². The van der Waals surface area contributed by atoms with Crippen LogP contribution in [-0.2, 0) is 23.9 Å². The van der Waals surface area contributed by atoms with Crippen molar-refractivity contribution in [2.45, 2.75) is 65.5 Å². The molecule has 0 fully saturated rings. The van der Waals surface area contributed by atoms with Gasteiger partial charge in [0.15, 0.2) is 5.96 Å². The summed E-state index contributed by atoms with van der Waals surface area (Å²) in [4.78, 5) is 55.8. The highest BCUT2D eigenvalue weighted by Crippen LogP contribution is 2.40. The lowest BCUT2D eigenvalue weighted by molar-refractivity contribution is -0.167. The number of allylic oxidation sites excluding steroid dienone is 6. The maximum Gasteiger partial charge on any atom is 0.326 e. The summed E-state index contributed by atoms with van der Waals surface area (Å²) < 4.78 is 5.11. The maximum atomic E-state index is 13.4. The number of rotatable bonds is 11. The Morgan fingerprint density at radius 1 is 1.26 bits per heavy atom. The molecule has 0 saturated heterocycles. The third-order valence-corrected chi connectivity index (χ3v) is 6.68. The van der Waals surface area contributed by atoms with Crippen molar-refractivity contribution in [2.24, 2.45) is 22.4 Å². The minimum atomic E-state index is -2.16. The van der Waals surface area contributed by atoms with Crippen molar-refractivity contribution >= 4 is 41.1 Å². The van der Waals surface area contributed by atoms with Crippen LogP contribution < -0.4 is 11.5 Å². The smallest absolute Gasteiger partial charge is 0.326 e. The number of guanidine groups is 1. The number of carboxylic acids is 1. The first-order valence-electron chi connectivity index (χ1n) is 12.3. The summed E-state index contributed by atoms with van der Waals surface area (Å²) in [5.74, 6) is -3.37. The molecule has 0 bridgehead atoms. The molecule has 0 saturated carbocycles. The molecule has 38 heavy (non-hydrogen) atoms. The van der Waals surface area contributed by atoms with E-state index in [4.69, 9.17) is 27.8 Å². The normalized spacial score (nSPS) is 21.5. The Morgan fingerprint density at radius 3 is 2.47 bits per heavy atom. The minimum absolute atomic E-state index is 0.0298. The zero-order valence-corrected chi connectivity index (χ0v) is 23.0. The average Bonchev–Trinajstić information content (AvgIpc) is 2.84. The molecule has 0 unspecified atom stereocenters. The van der Waals surface area contributed by atoms with Crippen LogP contribution >= 0.6 is 11.6 Å². The first-order valence-corrected chi connectivity index (χ1v) is 12.7. The molecule has 10 nitrogen and oxygen atoms in total. The Bertz CT molecular complexity index is 1190. The van der Waals surface area contributed by atoms with Crippen molar-refractivity contribution in [1.82, 2.24) is 4.90 Å². The summed E-state index contributed by atoms with van der Waals surface area (Å²) in [7, 11) is 0. The molecule has 3 atom stereocenters. The number of Topliss-reactive ketones (excluding diaryl/α,β-unsaturated/α-hetero) is 2. The standard InChI is InChI=1S/C27H35ClN4O6/c1-6-15(2)12-16(3)9-10-18-13-19-20(23(34)27(5,38-17(4)33)24(35)22(19)28)14-32(18)21(25(36)37)8-7-11-31-26(29)30/h9-10,12-15,21H,6-8,11H2,1-5H3,(H,36,37)(H4,29,30,31)/b10-9+,16-12+/t15-,21+,27-/m0/s1. The number of carbonyl (C=O) groups is 4. The first kappa shape index (κ1) is 30.6. The fraction of sp³-hybridized carbons (Fsp3) is 0.444. The van der Waals surface area contributed by atoms with Crippen LogP contribution in [0.1, 0.15) is 53.9 Å². The fourth-order valence-electron chi connectivity index (χ4n) is 4.14. The highest BCUT2D eigenvalue weighted by Gasteiger charge is 2.52. The highest BCUT2D eigenvalue weighted by molar-refractivity contribution is 6.49. The number of aliphatic carboxylic acids is 1. The average molecular weight is 547 g/mol. The Balaban J connectivity index is 2.65. The molecule has 206 valence electrons. The van der Waals surface area contributed by atoms with E-state index in [1.54, 1.807) is 6.08 Å². The van der Waals surface area contributed by atoms with Crippen LogP contribution in [0.15, 0.2) is 62.9 Å². The van der Waals surface area contributed by atoms with Crippen LogP contribution in [0.25, 0.3) is 0 Å². The summed E-state index contributed by atoms with van der Waals surface area (Å²) in [6, 6.07) is -1.10. The van der Waals surface area contributed by atoms with Crippen LogP contribution in [-0.4, -0.2) is 57.7 Å². The van der Waals surface area contributed by atoms with Crippen molar-refractivity contribution in [3.63, 3.8) is 0 Å². The van der Waals surface area contributed by atoms with Crippen LogP contribution in [0.3, 0.4) is 0 Å². The van der Waals surface area contributed by atoms with Crippen molar-refractivity contribution in [2.75, 3.05) is 6.54 Å². The molecular formula is C27H35ClN4O6. The Kier molecular flexibility index (Phi) is 10.2. The van der Waals surface area contributed by atoms with E-state index in [-0.39, 0.29) is 35.1 Å². The van der Waals surface area contributed by atoms with Gasteiger partial charge in [0, 0.05) is 36.5 Å². The Morgan fingerprint density at radius 2 is 1.92 bits per heavy atom. The van der Waals surface area contributed by atoms with Crippen molar-refractivity contribution < 1.29 is 29.0 Å². The van der Waals surface area contributed by atoms with E-state index in [1.165, 1.54) is 24.1 Å². The molecular weight excluding hydrogens is 512 g/mol. The Hall–Kier alpha value is -3.66. The second kappa shape index (κ2) is 12.7. The second-order valence-corrected chi connectivity index (χ2v) is 9.84.